The lowest BCUT2D eigenvalue weighted by atomic mass is 10.2. The molecule has 1 atom stereocenters. The Bertz CT molecular complexity index is 749. The van der Waals surface area contributed by atoms with Gasteiger partial charge < -0.3 is 14.4 Å². The summed E-state index contributed by atoms with van der Waals surface area (Å²) in [5.74, 6) is 0.815. The molecule has 0 aliphatic rings. The van der Waals surface area contributed by atoms with Gasteiger partial charge in [-0.05, 0) is 13.0 Å². The molecule has 0 aliphatic heterocycles. The number of methoxy groups -OCH3 is 1. The summed E-state index contributed by atoms with van der Waals surface area (Å²) in [6, 6.07) is 7.89. The van der Waals surface area contributed by atoms with E-state index in [-0.39, 0.29) is 0 Å². The molecular formula is C15H17N3O2. The SMILES string of the molecule is COCCc1nc2cnc3ccccc3c2n1C(C)O. The first-order valence-electron chi connectivity index (χ1n) is 6.64. The van der Waals surface area contributed by atoms with Crippen LogP contribution in [0.25, 0.3) is 21.9 Å². The van der Waals surface area contributed by atoms with Gasteiger partial charge in [0, 0.05) is 18.9 Å². The molecule has 0 spiro atoms. The average Bonchev–Trinajstić information content (AvgIpc) is 2.84. The summed E-state index contributed by atoms with van der Waals surface area (Å²) in [4.78, 5) is 9.00. The Morgan fingerprint density at radius 1 is 1.30 bits per heavy atom. The Morgan fingerprint density at radius 3 is 2.85 bits per heavy atom. The third kappa shape index (κ3) is 2.05. The van der Waals surface area contributed by atoms with E-state index in [1.54, 1.807) is 20.2 Å². The van der Waals surface area contributed by atoms with Crippen LogP contribution in [0.1, 0.15) is 19.0 Å². The number of rotatable bonds is 4. The van der Waals surface area contributed by atoms with Crippen molar-refractivity contribution in [1.82, 2.24) is 14.5 Å². The molecule has 0 fully saturated rings. The summed E-state index contributed by atoms with van der Waals surface area (Å²) in [5.41, 5.74) is 2.63. The lowest BCUT2D eigenvalue weighted by Gasteiger charge is -2.12. The number of ether oxygens (including phenoxy) is 1. The molecule has 0 saturated heterocycles. The minimum Gasteiger partial charge on any atom is -0.384 e. The molecule has 0 bridgehead atoms. The van der Waals surface area contributed by atoms with Gasteiger partial charge in [0.05, 0.1) is 23.8 Å². The van der Waals surface area contributed by atoms with E-state index in [1.165, 1.54) is 0 Å². The number of nitrogens with zero attached hydrogens (tertiary/aromatic N) is 3. The van der Waals surface area contributed by atoms with Crippen molar-refractivity contribution in [1.29, 1.82) is 0 Å². The number of fused-ring (bicyclic) bond motifs is 3. The highest BCUT2D eigenvalue weighted by atomic mass is 16.5. The first-order valence-corrected chi connectivity index (χ1v) is 6.64. The van der Waals surface area contributed by atoms with Gasteiger partial charge in [-0.25, -0.2) is 4.98 Å². The average molecular weight is 271 g/mol. The molecule has 20 heavy (non-hydrogen) atoms. The van der Waals surface area contributed by atoms with Crippen molar-refractivity contribution in [3.8, 4) is 0 Å². The highest BCUT2D eigenvalue weighted by Gasteiger charge is 2.16. The fourth-order valence-corrected chi connectivity index (χ4v) is 2.55. The number of aliphatic hydroxyl groups is 1. The third-order valence-electron chi connectivity index (χ3n) is 3.40. The van der Waals surface area contributed by atoms with Crippen LogP contribution < -0.4 is 0 Å². The van der Waals surface area contributed by atoms with Gasteiger partial charge in [0.15, 0.2) is 0 Å². The zero-order chi connectivity index (χ0) is 14.1. The molecule has 1 unspecified atom stereocenters. The number of aromatic nitrogens is 3. The molecule has 0 saturated carbocycles. The van der Waals surface area contributed by atoms with E-state index in [9.17, 15) is 5.11 Å². The highest BCUT2D eigenvalue weighted by molar-refractivity contribution is 6.02. The Labute approximate surface area is 116 Å². The summed E-state index contributed by atoms with van der Waals surface area (Å²) in [5, 5.41) is 11.1. The monoisotopic (exact) mass is 271 g/mol. The van der Waals surface area contributed by atoms with Gasteiger partial charge in [-0.2, -0.15) is 0 Å². The highest BCUT2D eigenvalue weighted by Crippen LogP contribution is 2.27. The first kappa shape index (κ1) is 13.0. The van der Waals surface area contributed by atoms with Crippen molar-refractivity contribution in [2.75, 3.05) is 13.7 Å². The van der Waals surface area contributed by atoms with Gasteiger partial charge in [0.1, 0.15) is 17.6 Å². The van der Waals surface area contributed by atoms with Crippen molar-refractivity contribution in [3.63, 3.8) is 0 Å². The molecular weight excluding hydrogens is 254 g/mol. The molecule has 2 heterocycles. The minimum atomic E-state index is -0.641. The van der Waals surface area contributed by atoms with Crippen molar-refractivity contribution >= 4 is 21.9 Å². The van der Waals surface area contributed by atoms with E-state index in [2.05, 4.69) is 9.97 Å². The van der Waals surface area contributed by atoms with Crippen LogP contribution in [0.3, 0.4) is 0 Å². The number of hydrogen-bond acceptors (Lipinski definition) is 4. The molecule has 1 N–H and O–H groups in total. The molecule has 5 heteroatoms. The smallest absolute Gasteiger partial charge is 0.129 e. The summed E-state index contributed by atoms with van der Waals surface area (Å²) in [6.07, 6.45) is 1.77. The van der Waals surface area contributed by atoms with Gasteiger partial charge >= 0.3 is 0 Å². The fraction of sp³-hybridized carbons (Fsp3) is 0.333. The Balaban J connectivity index is 2.32. The summed E-state index contributed by atoms with van der Waals surface area (Å²) < 4.78 is 6.97. The quantitative estimate of drug-likeness (QED) is 0.791. The Kier molecular flexibility index (Phi) is 3.38. The standard InChI is InChI=1S/C15H17N3O2/c1-10(19)18-14(7-8-20-2)17-13-9-16-12-6-4-3-5-11(12)15(13)18/h3-6,9-10,19H,7-8H2,1-2H3. The van der Waals surface area contributed by atoms with Crippen LogP contribution in [0.4, 0.5) is 0 Å². The molecule has 0 amide bonds. The first-order chi connectivity index (χ1) is 9.72. The topological polar surface area (TPSA) is 60.2 Å². The minimum absolute atomic E-state index is 0.571. The molecule has 0 aliphatic carbocycles. The zero-order valence-corrected chi connectivity index (χ0v) is 11.6. The van der Waals surface area contributed by atoms with E-state index in [0.29, 0.717) is 13.0 Å². The molecule has 3 aromatic rings. The van der Waals surface area contributed by atoms with E-state index in [4.69, 9.17) is 4.74 Å². The van der Waals surface area contributed by atoms with Crippen molar-refractivity contribution in [2.24, 2.45) is 0 Å². The largest absolute Gasteiger partial charge is 0.384 e. The normalized spacial score (nSPS) is 13.2. The summed E-state index contributed by atoms with van der Waals surface area (Å²) in [6.45, 7) is 2.31. The number of benzene rings is 1. The van der Waals surface area contributed by atoms with Crippen LogP contribution in [-0.4, -0.2) is 33.4 Å². The van der Waals surface area contributed by atoms with E-state index < -0.39 is 6.23 Å². The maximum Gasteiger partial charge on any atom is 0.129 e. The molecule has 3 rings (SSSR count). The molecule has 0 radical (unpaired) electrons. The van der Waals surface area contributed by atoms with Gasteiger partial charge in [-0.15, -0.1) is 0 Å². The maximum atomic E-state index is 10.1. The van der Waals surface area contributed by atoms with Gasteiger partial charge in [0.25, 0.3) is 0 Å². The van der Waals surface area contributed by atoms with Gasteiger partial charge in [-0.1, -0.05) is 18.2 Å². The molecule has 104 valence electrons. The van der Waals surface area contributed by atoms with Crippen LogP contribution in [0.15, 0.2) is 30.5 Å². The predicted octanol–water partition coefficient (Wildman–Crippen LogP) is 2.28. The predicted molar refractivity (Wildman–Crippen MR) is 77.5 cm³/mol. The van der Waals surface area contributed by atoms with Crippen molar-refractivity contribution in [3.05, 3.63) is 36.3 Å². The molecule has 2 aromatic heterocycles. The van der Waals surface area contributed by atoms with E-state index in [1.807, 2.05) is 28.8 Å². The second-order valence-corrected chi connectivity index (χ2v) is 4.78. The van der Waals surface area contributed by atoms with E-state index >= 15 is 0 Å². The summed E-state index contributed by atoms with van der Waals surface area (Å²) in [7, 11) is 1.66. The lowest BCUT2D eigenvalue weighted by molar-refractivity contribution is 0.123. The van der Waals surface area contributed by atoms with Gasteiger partial charge in [-0.3, -0.25) is 4.98 Å². The van der Waals surface area contributed by atoms with E-state index in [0.717, 1.165) is 27.8 Å². The maximum absolute atomic E-state index is 10.1. The lowest BCUT2D eigenvalue weighted by Crippen LogP contribution is -2.10. The number of hydrogen-bond donors (Lipinski definition) is 1. The van der Waals surface area contributed by atoms with Gasteiger partial charge in [0.2, 0.25) is 0 Å². The van der Waals surface area contributed by atoms with Crippen LogP contribution in [-0.2, 0) is 11.2 Å². The molecule has 1 aromatic carbocycles. The Hall–Kier alpha value is -1.98. The second kappa shape index (κ2) is 5.19. The summed E-state index contributed by atoms with van der Waals surface area (Å²) >= 11 is 0. The Morgan fingerprint density at radius 2 is 2.10 bits per heavy atom. The van der Waals surface area contributed by atoms with Crippen LogP contribution in [0.5, 0.6) is 0 Å². The fourth-order valence-electron chi connectivity index (χ4n) is 2.55. The van der Waals surface area contributed by atoms with Crippen LogP contribution in [0.2, 0.25) is 0 Å². The second-order valence-electron chi connectivity index (χ2n) is 4.78. The van der Waals surface area contributed by atoms with Crippen molar-refractivity contribution < 1.29 is 9.84 Å². The third-order valence-corrected chi connectivity index (χ3v) is 3.40. The van der Waals surface area contributed by atoms with Crippen LogP contribution >= 0.6 is 0 Å². The number of pyridine rings is 1. The zero-order valence-electron chi connectivity index (χ0n) is 11.6. The van der Waals surface area contributed by atoms with Crippen molar-refractivity contribution in [2.45, 2.75) is 19.6 Å². The number of aliphatic hydroxyl groups excluding tert-OH is 1. The van der Waals surface area contributed by atoms with Crippen LogP contribution in [0, 0.1) is 0 Å². The molecule has 5 nitrogen and oxygen atoms in total. The number of para-hydroxylation sites is 1. The number of imidazole rings is 1.